The predicted octanol–water partition coefficient (Wildman–Crippen LogP) is 3.62. The van der Waals surface area contributed by atoms with Crippen molar-refractivity contribution in [1.82, 2.24) is 9.97 Å². The normalized spacial score (nSPS) is 10.5. The second-order valence-corrected chi connectivity index (χ2v) is 5.74. The van der Waals surface area contributed by atoms with E-state index in [0.717, 1.165) is 8.95 Å². The summed E-state index contributed by atoms with van der Waals surface area (Å²) < 4.78 is 12.8. The van der Waals surface area contributed by atoms with Gasteiger partial charge >= 0.3 is 0 Å². The van der Waals surface area contributed by atoms with E-state index in [0.29, 0.717) is 36.5 Å². The van der Waals surface area contributed by atoms with Crippen molar-refractivity contribution in [2.45, 2.75) is 13.5 Å². The van der Waals surface area contributed by atoms with E-state index in [1.54, 1.807) is 6.07 Å². The largest absolute Gasteiger partial charge is 0.438 e. The third kappa shape index (κ3) is 4.63. The van der Waals surface area contributed by atoms with E-state index in [1.807, 2.05) is 25.1 Å². The van der Waals surface area contributed by atoms with Crippen LogP contribution in [0.4, 0.5) is 5.82 Å². The highest BCUT2D eigenvalue weighted by Gasteiger charge is 2.09. The summed E-state index contributed by atoms with van der Waals surface area (Å²) in [6.07, 6.45) is 0. The van der Waals surface area contributed by atoms with Crippen LogP contribution in [0, 0.1) is 0 Å². The molecular weight excluding hydrogens is 404 g/mol. The monoisotopic (exact) mass is 416 g/mol. The maximum Gasteiger partial charge on any atom is 0.224 e. The first-order valence-electron chi connectivity index (χ1n) is 6.17. The molecule has 0 radical (unpaired) electrons. The number of hydrogen-bond acceptors (Lipinski definition) is 6. The molecule has 2 rings (SSSR count). The number of anilines is 1. The van der Waals surface area contributed by atoms with Gasteiger partial charge in [0.2, 0.25) is 5.88 Å². The van der Waals surface area contributed by atoms with Gasteiger partial charge in [-0.05, 0) is 41.1 Å². The van der Waals surface area contributed by atoms with Gasteiger partial charge in [-0.25, -0.2) is 10.8 Å². The fourth-order valence-corrected chi connectivity index (χ4v) is 2.66. The molecule has 21 heavy (non-hydrogen) atoms. The lowest BCUT2D eigenvalue weighted by atomic mass is 10.3. The van der Waals surface area contributed by atoms with Gasteiger partial charge in [-0.15, -0.1) is 0 Å². The van der Waals surface area contributed by atoms with E-state index in [2.05, 4.69) is 47.3 Å². The number of hydrazine groups is 1. The molecule has 0 fully saturated rings. The summed E-state index contributed by atoms with van der Waals surface area (Å²) in [5.74, 6) is 7.39. The van der Waals surface area contributed by atoms with Crippen molar-refractivity contribution in [3.8, 4) is 11.6 Å². The highest BCUT2D eigenvalue weighted by molar-refractivity contribution is 9.11. The molecule has 0 saturated heterocycles. The molecule has 0 saturated carbocycles. The minimum atomic E-state index is 0.296. The second-order valence-electron chi connectivity index (χ2n) is 3.97. The summed E-state index contributed by atoms with van der Waals surface area (Å²) in [5.41, 5.74) is 2.49. The molecule has 2 aromatic rings. The first-order valence-corrected chi connectivity index (χ1v) is 7.76. The zero-order chi connectivity index (χ0) is 15.2. The standard InChI is InChI=1S/C13H14Br2N4O2/c1-2-20-7-12-17-11(19-16)6-13(18-12)21-10-4-3-8(14)5-9(10)15/h3-6H,2,7,16H2,1H3,(H,17,18,19). The second kappa shape index (κ2) is 7.69. The molecule has 3 N–H and O–H groups in total. The van der Waals surface area contributed by atoms with Crippen molar-refractivity contribution in [2.75, 3.05) is 12.0 Å². The molecule has 1 aromatic heterocycles. The van der Waals surface area contributed by atoms with E-state index in [1.165, 1.54) is 0 Å². The topological polar surface area (TPSA) is 82.3 Å². The fraction of sp³-hybridized carbons (Fsp3) is 0.231. The lowest BCUT2D eigenvalue weighted by molar-refractivity contribution is 0.128. The molecule has 0 amide bonds. The van der Waals surface area contributed by atoms with Crippen molar-refractivity contribution < 1.29 is 9.47 Å². The van der Waals surface area contributed by atoms with Crippen LogP contribution in [-0.4, -0.2) is 16.6 Å². The Morgan fingerprint density at radius 1 is 1.24 bits per heavy atom. The molecule has 0 spiro atoms. The Kier molecular flexibility index (Phi) is 5.92. The van der Waals surface area contributed by atoms with Crippen LogP contribution < -0.4 is 16.0 Å². The molecule has 0 aliphatic carbocycles. The third-order valence-corrected chi connectivity index (χ3v) is 3.55. The van der Waals surface area contributed by atoms with Crippen molar-refractivity contribution >= 4 is 37.7 Å². The molecule has 0 unspecified atom stereocenters. The molecule has 1 heterocycles. The number of nitrogen functional groups attached to an aromatic ring is 1. The average molecular weight is 418 g/mol. The number of nitrogens with one attached hydrogen (secondary N) is 1. The zero-order valence-corrected chi connectivity index (χ0v) is 14.4. The number of ether oxygens (including phenoxy) is 2. The Labute approximate surface area is 139 Å². The van der Waals surface area contributed by atoms with Gasteiger partial charge in [0.1, 0.15) is 18.2 Å². The Morgan fingerprint density at radius 2 is 2.05 bits per heavy atom. The van der Waals surface area contributed by atoms with Crippen LogP contribution in [0.5, 0.6) is 11.6 Å². The summed E-state index contributed by atoms with van der Waals surface area (Å²) in [5, 5.41) is 0. The van der Waals surface area contributed by atoms with Gasteiger partial charge in [-0.2, -0.15) is 4.98 Å². The number of rotatable bonds is 6. The van der Waals surface area contributed by atoms with Crippen molar-refractivity contribution in [2.24, 2.45) is 5.84 Å². The average Bonchev–Trinajstić information content (AvgIpc) is 2.48. The lowest BCUT2D eigenvalue weighted by Crippen LogP contribution is -2.11. The van der Waals surface area contributed by atoms with E-state index in [-0.39, 0.29) is 0 Å². The first kappa shape index (κ1) is 16.2. The SMILES string of the molecule is CCOCc1nc(NN)cc(Oc2ccc(Br)cc2Br)n1. The van der Waals surface area contributed by atoms with Gasteiger partial charge in [0.05, 0.1) is 4.47 Å². The Morgan fingerprint density at radius 3 is 2.71 bits per heavy atom. The van der Waals surface area contributed by atoms with E-state index in [9.17, 15) is 0 Å². The van der Waals surface area contributed by atoms with Crippen molar-refractivity contribution in [3.63, 3.8) is 0 Å². The summed E-state index contributed by atoms with van der Waals surface area (Å²) in [6.45, 7) is 2.78. The highest BCUT2D eigenvalue weighted by atomic mass is 79.9. The zero-order valence-electron chi connectivity index (χ0n) is 11.3. The van der Waals surface area contributed by atoms with Gasteiger partial charge < -0.3 is 14.9 Å². The van der Waals surface area contributed by atoms with Gasteiger partial charge in [0, 0.05) is 17.1 Å². The minimum Gasteiger partial charge on any atom is -0.438 e. The fourth-order valence-electron chi connectivity index (χ4n) is 1.53. The lowest BCUT2D eigenvalue weighted by Gasteiger charge is -2.10. The summed E-state index contributed by atoms with van der Waals surface area (Å²) in [4.78, 5) is 8.49. The van der Waals surface area contributed by atoms with Gasteiger partial charge in [0.25, 0.3) is 0 Å². The molecule has 112 valence electrons. The van der Waals surface area contributed by atoms with Crippen LogP contribution in [0.1, 0.15) is 12.7 Å². The van der Waals surface area contributed by atoms with Gasteiger partial charge in [0.15, 0.2) is 5.82 Å². The van der Waals surface area contributed by atoms with E-state index >= 15 is 0 Å². The van der Waals surface area contributed by atoms with Crippen molar-refractivity contribution in [1.29, 1.82) is 0 Å². The third-order valence-electron chi connectivity index (χ3n) is 2.44. The Balaban J connectivity index is 2.25. The smallest absolute Gasteiger partial charge is 0.224 e. The molecule has 8 heteroatoms. The summed E-state index contributed by atoms with van der Waals surface area (Å²) in [7, 11) is 0. The van der Waals surface area contributed by atoms with Gasteiger partial charge in [-0.3, -0.25) is 0 Å². The molecule has 0 aliphatic heterocycles. The number of halogens is 2. The molecule has 0 atom stereocenters. The number of nitrogens with zero attached hydrogens (tertiary/aromatic N) is 2. The Bertz CT molecular complexity index is 625. The van der Waals surface area contributed by atoms with Crippen molar-refractivity contribution in [3.05, 3.63) is 39.0 Å². The Hall–Kier alpha value is -1.22. The van der Waals surface area contributed by atoms with Crippen LogP contribution in [-0.2, 0) is 11.3 Å². The van der Waals surface area contributed by atoms with Gasteiger partial charge in [-0.1, -0.05) is 15.9 Å². The molecule has 0 bridgehead atoms. The molecule has 6 nitrogen and oxygen atoms in total. The predicted molar refractivity (Wildman–Crippen MR) is 87.1 cm³/mol. The number of hydrogen-bond donors (Lipinski definition) is 2. The van der Waals surface area contributed by atoms with Crippen LogP contribution in [0.15, 0.2) is 33.2 Å². The minimum absolute atomic E-state index is 0.296. The molecular formula is C13H14Br2N4O2. The molecule has 0 aliphatic rings. The summed E-state index contributed by atoms with van der Waals surface area (Å²) in [6, 6.07) is 7.21. The maximum absolute atomic E-state index is 5.76. The highest BCUT2D eigenvalue weighted by Crippen LogP contribution is 2.31. The molecule has 1 aromatic carbocycles. The van der Waals surface area contributed by atoms with Crippen LogP contribution >= 0.6 is 31.9 Å². The van der Waals surface area contributed by atoms with Crippen LogP contribution in [0.25, 0.3) is 0 Å². The quantitative estimate of drug-likeness (QED) is 0.551. The van der Waals surface area contributed by atoms with E-state index in [4.69, 9.17) is 15.3 Å². The number of nitrogens with two attached hydrogens (primary N) is 1. The summed E-state index contributed by atoms with van der Waals surface area (Å²) >= 11 is 6.83. The first-order chi connectivity index (χ1) is 10.1. The number of aromatic nitrogens is 2. The van der Waals surface area contributed by atoms with Crippen LogP contribution in [0.3, 0.4) is 0 Å². The number of benzene rings is 1. The van der Waals surface area contributed by atoms with E-state index < -0.39 is 0 Å². The van der Waals surface area contributed by atoms with Crippen LogP contribution in [0.2, 0.25) is 0 Å². The maximum atomic E-state index is 5.76.